The normalized spacial score (nSPS) is 11.8. The minimum Gasteiger partial charge on any atom is -0.355 e. The van der Waals surface area contributed by atoms with Gasteiger partial charge in [0, 0.05) is 19.5 Å². The molecule has 0 atom stereocenters. The molecule has 1 aromatic heterocycles. The van der Waals surface area contributed by atoms with Gasteiger partial charge in [-0.3, -0.25) is 4.57 Å². The van der Waals surface area contributed by atoms with Crippen molar-refractivity contribution in [3.8, 4) is 0 Å². The molecule has 0 fully saturated rings. The van der Waals surface area contributed by atoms with Gasteiger partial charge in [0.2, 0.25) is 5.95 Å². The van der Waals surface area contributed by atoms with Crippen LogP contribution in [-0.2, 0) is 13.0 Å². The predicted molar refractivity (Wildman–Crippen MR) is 54.2 cm³/mol. The van der Waals surface area contributed by atoms with E-state index < -0.39 is 12.6 Å². The van der Waals surface area contributed by atoms with E-state index in [0.29, 0.717) is 24.9 Å². The van der Waals surface area contributed by atoms with Crippen LogP contribution in [0.5, 0.6) is 0 Å². The summed E-state index contributed by atoms with van der Waals surface area (Å²) in [6.45, 7) is 4.96. The van der Waals surface area contributed by atoms with Crippen molar-refractivity contribution in [2.75, 3.05) is 11.9 Å². The van der Waals surface area contributed by atoms with Crippen LogP contribution in [0.4, 0.5) is 19.1 Å². The smallest absolute Gasteiger partial charge is 0.355 e. The molecule has 0 aliphatic heterocycles. The quantitative estimate of drug-likeness (QED) is 0.852. The molecule has 92 valence electrons. The number of hydrogen-bond acceptors (Lipinski definition) is 3. The van der Waals surface area contributed by atoms with Crippen molar-refractivity contribution in [1.29, 1.82) is 0 Å². The summed E-state index contributed by atoms with van der Waals surface area (Å²) >= 11 is 0. The molecule has 0 unspecified atom stereocenters. The number of nitrogens with zero attached hydrogens (tertiary/aromatic N) is 3. The zero-order chi connectivity index (χ0) is 12.2. The minimum absolute atomic E-state index is 0.129. The molecule has 1 rings (SSSR count). The molecule has 1 N–H and O–H groups in total. The molecule has 0 aromatic carbocycles. The van der Waals surface area contributed by atoms with Crippen LogP contribution < -0.4 is 5.32 Å². The Balaban J connectivity index is 2.72. The van der Waals surface area contributed by atoms with Crippen molar-refractivity contribution < 1.29 is 13.2 Å². The zero-order valence-electron chi connectivity index (χ0n) is 9.30. The molecule has 0 saturated heterocycles. The summed E-state index contributed by atoms with van der Waals surface area (Å²) in [7, 11) is 0. The van der Waals surface area contributed by atoms with E-state index in [1.54, 1.807) is 4.57 Å². The van der Waals surface area contributed by atoms with Crippen molar-refractivity contribution in [2.45, 2.75) is 39.4 Å². The maximum absolute atomic E-state index is 12.1. The van der Waals surface area contributed by atoms with Crippen LogP contribution in [-0.4, -0.2) is 27.5 Å². The largest absolute Gasteiger partial charge is 0.389 e. The monoisotopic (exact) mass is 236 g/mol. The molecule has 7 heteroatoms. The van der Waals surface area contributed by atoms with Crippen LogP contribution >= 0.6 is 0 Å². The molecule has 0 saturated carbocycles. The Bertz CT molecular complexity index is 332. The molecular weight excluding hydrogens is 221 g/mol. The molecule has 0 spiro atoms. The lowest BCUT2D eigenvalue weighted by Gasteiger charge is -2.09. The van der Waals surface area contributed by atoms with Gasteiger partial charge in [-0.05, 0) is 13.8 Å². The molecule has 16 heavy (non-hydrogen) atoms. The minimum atomic E-state index is -4.15. The van der Waals surface area contributed by atoms with Gasteiger partial charge < -0.3 is 5.32 Å². The Hall–Kier alpha value is -1.27. The predicted octanol–water partition coefficient (Wildman–Crippen LogP) is 2.22. The van der Waals surface area contributed by atoms with Gasteiger partial charge in [-0.25, -0.2) is 0 Å². The number of anilines is 1. The average Bonchev–Trinajstić information content (AvgIpc) is 2.57. The maximum Gasteiger partial charge on any atom is 0.389 e. The van der Waals surface area contributed by atoms with Crippen LogP contribution in [0.3, 0.4) is 0 Å². The fourth-order valence-electron chi connectivity index (χ4n) is 1.39. The highest BCUT2D eigenvalue weighted by Gasteiger charge is 2.27. The Morgan fingerprint density at radius 2 is 1.94 bits per heavy atom. The van der Waals surface area contributed by atoms with Crippen molar-refractivity contribution in [3.05, 3.63) is 5.82 Å². The lowest BCUT2D eigenvalue weighted by atomic mass is 10.3. The second-order valence-electron chi connectivity index (χ2n) is 3.33. The highest BCUT2D eigenvalue weighted by atomic mass is 19.4. The molecule has 0 bridgehead atoms. The van der Waals surface area contributed by atoms with Crippen LogP contribution in [0.2, 0.25) is 0 Å². The van der Waals surface area contributed by atoms with Crippen LogP contribution in [0.15, 0.2) is 0 Å². The zero-order valence-corrected chi connectivity index (χ0v) is 9.30. The summed E-state index contributed by atoms with van der Waals surface area (Å²) in [5.74, 6) is 0.901. The number of aryl methyl sites for hydroxylation is 1. The molecular formula is C9H15F3N4. The summed E-state index contributed by atoms with van der Waals surface area (Å²) in [6, 6.07) is 0. The highest BCUT2D eigenvalue weighted by molar-refractivity contribution is 5.25. The fourth-order valence-corrected chi connectivity index (χ4v) is 1.39. The third-order valence-corrected chi connectivity index (χ3v) is 2.11. The summed E-state index contributed by atoms with van der Waals surface area (Å²) in [6.07, 6.45) is -5.14. The topological polar surface area (TPSA) is 42.7 Å². The van der Waals surface area contributed by atoms with Gasteiger partial charge >= 0.3 is 6.18 Å². The first-order valence-electron chi connectivity index (χ1n) is 5.20. The molecule has 4 nitrogen and oxygen atoms in total. The number of rotatable bonds is 5. The average molecular weight is 236 g/mol. The van der Waals surface area contributed by atoms with E-state index in [-0.39, 0.29) is 6.42 Å². The van der Waals surface area contributed by atoms with Crippen molar-refractivity contribution in [3.63, 3.8) is 0 Å². The number of alkyl halides is 3. The highest BCUT2D eigenvalue weighted by Crippen LogP contribution is 2.22. The maximum atomic E-state index is 12.1. The molecule has 0 amide bonds. The first-order valence-corrected chi connectivity index (χ1v) is 5.20. The Kier molecular flexibility index (Phi) is 4.14. The number of halogens is 3. The van der Waals surface area contributed by atoms with Crippen LogP contribution in [0, 0.1) is 0 Å². The SMILES string of the molecule is CCNc1nnc(CCC(F)(F)F)n1CC. The number of hydrogen-bond donors (Lipinski definition) is 1. The summed E-state index contributed by atoms with van der Waals surface area (Å²) in [5, 5.41) is 10.5. The third-order valence-electron chi connectivity index (χ3n) is 2.11. The van der Waals surface area contributed by atoms with Gasteiger partial charge in [-0.2, -0.15) is 13.2 Å². The van der Waals surface area contributed by atoms with E-state index in [1.165, 1.54) is 0 Å². The molecule has 1 aromatic rings. The van der Waals surface area contributed by atoms with Crippen molar-refractivity contribution in [2.24, 2.45) is 0 Å². The van der Waals surface area contributed by atoms with E-state index in [0.717, 1.165) is 0 Å². The van der Waals surface area contributed by atoms with E-state index in [2.05, 4.69) is 15.5 Å². The van der Waals surface area contributed by atoms with E-state index >= 15 is 0 Å². The van der Waals surface area contributed by atoms with Crippen molar-refractivity contribution in [1.82, 2.24) is 14.8 Å². The Morgan fingerprint density at radius 1 is 1.25 bits per heavy atom. The molecule has 1 heterocycles. The molecule has 0 radical (unpaired) electrons. The van der Waals surface area contributed by atoms with E-state index in [9.17, 15) is 13.2 Å². The summed E-state index contributed by atoms with van der Waals surface area (Å²) < 4.78 is 37.8. The van der Waals surface area contributed by atoms with Crippen molar-refractivity contribution >= 4 is 5.95 Å². The second kappa shape index (κ2) is 5.18. The standard InChI is InChI=1S/C9H15F3N4/c1-3-13-8-15-14-7(16(8)4-2)5-6-9(10,11)12/h3-6H2,1-2H3,(H,13,15). The number of nitrogens with one attached hydrogen (secondary N) is 1. The van der Waals surface area contributed by atoms with E-state index in [1.807, 2.05) is 13.8 Å². The van der Waals surface area contributed by atoms with Gasteiger partial charge in [0.25, 0.3) is 0 Å². The lowest BCUT2D eigenvalue weighted by Crippen LogP contribution is -2.13. The van der Waals surface area contributed by atoms with Gasteiger partial charge in [0.15, 0.2) is 0 Å². The van der Waals surface area contributed by atoms with Gasteiger partial charge in [-0.15, -0.1) is 10.2 Å². The summed E-state index contributed by atoms with van der Waals surface area (Å²) in [4.78, 5) is 0. The third kappa shape index (κ3) is 3.39. The van der Waals surface area contributed by atoms with Gasteiger partial charge in [0.1, 0.15) is 5.82 Å². The number of aromatic nitrogens is 3. The fraction of sp³-hybridized carbons (Fsp3) is 0.778. The van der Waals surface area contributed by atoms with E-state index in [4.69, 9.17) is 0 Å². The molecule has 0 aliphatic carbocycles. The van der Waals surface area contributed by atoms with Gasteiger partial charge in [-0.1, -0.05) is 0 Å². The second-order valence-corrected chi connectivity index (χ2v) is 3.33. The first kappa shape index (κ1) is 12.8. The van der Waals surface area contributed by atoms with Crippen LogP contribution in [0.1, 0.15) is 26.1 Å². The van der Waals surface area contributed by atoms with Gasteiger partial charge in [0.05, 0.1) is 6.42 Å². The van der Waals surface area contributed by atoms with Crippen LogP contribution in [0.25, 0.3) is 0 Å². The Morgan fingerprint density at radius 3 is 2.44 bits per heavy atom. The first-order chi connectivity index (χ1) is 7.48. The lowest BCUT2D eigenvalue weighted by molar-refractivity contribution is -0.134. The Labute approximate surface area is 91.9 Å². The molecule has 0 aliphatic rings. The summed E-state index contributed by atoms with van der Waals surface area (Å²) in [5.41, 5.74) is 0.